The van der Waals surface area contributed by atoms with Crippen molar-refractivity contribution in [2.45, 2.75) is 6.18 Å². The number of nitrogens with zero attached hydrogens (tertiary/aromatic N) is 3. The maximum atomic E-state index is 13.0. The molecule has 8 heteroatoms. The smallest absolute Gasteiger partial charge is 0.341 e. The second kappa shape index (κ2) is 6.52. The van der Waals surface area contributed by atoms with Crippen LogP contribution in [0, 0.1) is 12.3 Å². The van der Waals surface area contributed by atoms with Crippen molar-refractivity contribution >= 4 is 16.9 Å². The number of aromatic nitrogens is 3. The molecule has 3 aromatic rings. The normalized spacial score (nSPS) is 11.3. The van der Waals surface area contributed by atoms with E-state index in [-0.39, 0.29) is 23.4 Å². The zero-order valence-corrected chi connectivity index (χ0v) is 13.6. The van der Waals surface area contributed by atoms with Crippen LogP contribution >= 0.6 is 0 Å². The number of hydrogen-bond acceptors (Lipinski definition) is 3. The molecule has 0 aliphatic carbocycles. The average molecular weight is 358 g/mol. The predicted octanol–water partition coefficient (Wildman–Crippen LogP) is 3.02. The molecular formula is C18H13F3N4O. The molecule has 1 N–H and O–H groups in total. The van der Waals surface area contributed by atoms with Crippen LogP contribution in [0.2, 0.25) is 0 Å². The van der Waals surface area contributed by atoms with Crippen molar-refractivity contribution in [1.29, 1.82) is 0 Å². The Balaban J connectivity index is 2.17. The highest BCUT2D eigenvalue weighted by Crippen LogP contribution is 2.32. The highest BCUT2D eigenvalue weighted by Gasteiger charge is 2.30. The van der Waals surface area contributed by atoms with Crippen LogP contribution in [0.4, 0.5) is 13.2 Å². The molecule has 1 amide bonds. The van der Waals surface area contributed by atoms with E-state index in [1.54, 1.807) is 7.05 Å². The summed E-state index contributed by atoms with van der Waals surface area (Å²) in [4.78, 5) is 16.7. The Morgan fingerprint density at radius 2 is 2.12 bits per heavy atom. The van der Waals surface area contributed by atoms with Crippen molar-refractivity contribution in [3.05, 3.63) is 47.7 Å². The average Bonchev–Trinajstić information content (AvgIpc) is 2.99. The minimum Gasteiger partial charge on any atom is -0.341 e. The maximum absolute atomic E-state index is 13.0. The fourth-order valence-corrected chi connectivity index (χ4v) is 2.53. The number of alkyl halides is 3. The van der Waals surface area contributed by atoms with Crippen LogP contribution in [-0.4, -0.2) is 27.2 Å². The van der Waals surface area contributed by atoms with Crippen LogP contribution in [-0.2, 0) is 13.2 Å². The Bertz CT molecular complexity index is 1030. The number of fused-ring (bicyclic) bond motifs is 1. The third-order valence-corrected chi connectivity index (χ3v) is 3.79. The van der Waals surface area contributed by atoms with Gasteiger partial charge < -0.3 is 5.32 Å². The van der Waals surface area contributed by atoms with Crippen LogP contribution in [0.15, 0.2) is 36.5 Å². The minimum atomic E-state index is -4.47. The quantitative estimate of drug-likeness (QED) is 0.732. The molecule has 3 rings (SSSR count). The molecular weight excluding hydrogens is 345 g/mol. The van der Waals surface area contributed by atoms with Gasteiger partial charge in [-0.2, -0.15) is 18.3 Å². The first-order valence-corrected chi connectivity index (χ1v) is 7.53. The Morgan fingerprint density at radius 3 is 2.81 bits per heavy atom. The molecule has 0 aliphatic heterocycles. The van der Waals surface area contributed by atoms with E-state index >= 15 is 0 Å². The lowest BCUT2D eigenvalue weighted by molar-refractivity contribution is -0.137. The number of pyridine rings is 1. The lowest BCUT2D eigenvalue weighted by Gasteiger charge is -2.10. The standard InChI is InChI=1S/C18H13F3N4O/c1-3-7-22-17(26)13-9-15(24-16-14(13)10-23-25(16)2)11-5-4-6-12(8-11)18(19,20)21/h1,4-6,8-10H,7H2,2H3,(H,22,26). The van der Waals surface area contributed by atoms with Crippen molar-refractivity contribution in [3.8, 4) is 23.6 Å². The first-order valence-electron chi connectivity index (χ1n) is 7.53. The summed E-state index contributed by atoms with van der Waals surface area (Å²) in [5, 5.41) is 7.09. The first kappa shape index (κ1) is 17.5. The Hall–Kier alpha value is -3.34. The molecule has 1 aromatic carbocycles. The molecule has 0 bridgehead atoms. The molecule has 0 saturated carbocycles. The number of carbonyl (C=O) groups excluding carboxylic acids is 1. The lowest BCUT2D eigenvalue weighted by atomic mass is 10.0. The summed E-state index contributed by atoms with van der Waals surface area (Å²) in [5.74, 6) is 1.85. The Morgan fingerprint density at radius 1 is 1.35 bits per heavy atom. The molecule has 26 heavy (non-hydrogen) atoms. The predicted molar refractivity (Wildman–Crippen MR) is 90.1 cm³/mol. The molecule has 132 valence electrons. The summed E-state index contributed by atoms with van der Waals surface area (Å²) in [6.07, 6.45) is 2.15. The van der Waals surface area contributed by atoms with Crippen LogP contribution in [0.1, 0.15) is 15.9 Å². The zero-order valence-electron chi connectivity index (χ0n) is 13.6. The van der Waals surface area contributed by atoms with Crippen LogP contribution in [0.25, 0.3) is 22.3 Å². The van der Waals surface area contributed by atoms with Gasteiger partial charge in [-0.1, -0.05) is 18.1 Å². The van der Waals surface area contributed by atoms with Crippen LogP contribution < -0.4 is 5.32 Å². The summed E-state index contributed by atoms with van der Waals surface area (Å²) in [7, 11) is 1.63. The third kappa shape index (κ3) is 3.24. The Kier molecular flexibility index (Phi) is 4.38. The van der Waals surface area contributed by atoms with Crippen molar-refractivity contribution in [3.63, 3.8) is 0 Å². The van der Waals surface area contributed by atoms with Crippen molar-refractivity contribution < 1.29 is 18.0 Å². The van der Waals surface area contributed by atoms with Gasteiger partial charge >= 0.3 is 6.18 Å². The van der Waals surface area contributed by atoms with Gasteiger partial charge in [-0.05, 0) is 18.2 Å². The number of carbonyl (C=O) groups is 1. The third-order valence-electron chi connectivity index (χ3n) is 3.79. The highest BCUT2D eigenvalue weighted by molar-refractivity contribution is 6.06. The molecule has 0 atom stereocenters. The SMILES string of the molecule is C#CCNC(=O)c1cc(-c2cccc(C(F)(F)F)c2)nc2c1cnn2C. The van der Waals surface area contributed by atoms with Crippen LogP contribution in [0.5, 0.6) is 0 Å². The van der Waals surface area contributed by atoms with Gasteiger partial charge in [0.05, 0.1) is 34.9 Å². The second-order valence-electron chi connectivity index (χ2n) is 5.53. The van der Waals surface area contributed by atoms with Gasteiger partial charge in [-0.3, -0.25) is 9.48 Å². The first-order chi connectivity index (χ1) is 12.3. The van der Waals surface area contributed by atoms with Gasteiger partial charge in [-0.15, -0.1) is 6.42 Å². The van der Waals surface area contributed by atoms with E-state index < -0.39 is 17.6 Å². The maximum Gasteiger partial charge on any atom is 0.416 e. The molecule has 2 heterocycles. The monoisotopic (exact) mass is 358 g/mol. The number of halogens is 3. The van der Waals surface area contributed by atoms with Crippen molar-refractivity contribution in [2.75, 3.05) is 6.54 Å². The van der Waals surface area contributed by atoms with E-state index in [0.717, 1.165) is 12.1 Å². The van der Waals surface area contributed by atoms with Gasteiger partial charge in [0.15, 0.2) is 5.65 Å². The second-order valence-corrected chi connectivity index (χ2v) is 5.53. The van der Waals surface area contributed by atoms with Crippen molar-refractivity contribution in [1.82, 2.24) is 20.1 Å². The van der Waals surface area contributed by atoms with Gasteiger partial charge in [-0.25, -0.2) is 4.98 Å². The number of rotatable bonds is 3. The molecule has 0 spiro atoms. The fraction of sp³-hybridized carbons (Fsp3) is 0.167. The van der Waals surface area contributed by atoms with E-state index in [0.29, 0.717) is 11.0 Å². The van der Waals surface area contributed by atoms with Gasteiger partial charge in [0, 0.05) is 12.6 Å². The van der Waals surface area contributed by atoms with E-state index in [1.807, 2.05) is 0 Å². The minimum absolute atomic E-state index is 0.0296. The number of amides is 1. The summed E-state index contributed by atoms with van der Waals surface area (Å²) >= 11 is 0. The summed E-state index contributed by atoms with van der Waals surface area (Å²) < 4.78 is 40.4. The number of benzene rings is 1. The summed E-state index contributed by atoms with van der Waals surface area (Å²) in [6, 6.07) is 6.21. The van der Waals surface area contributed by atoms with Gasteiger partial charge in [0.1, 0.15) is 0 Å². The van der Waals surface area contributed by atoms with E-state index in [1.165, 1.54) is 29.1 Å². The number of hydrogen-bond donors (Lipinski definition) is 1. The molecule has 5 nitrogen and oxygen atoms in total. The largest absolute Gasteiger partial charge is 0.416 e. The fourth-order valence-electron chi connectivity index (χ4n) is 2.53. The summed E-state index contributed by atoms with van der Waals surface area (Å²) in [6.45, 7) is 0.0296. The van der Waals surface area contributed by atoms with Crippen LogP contribution in [0.3, 0.4) is 0 Å². The van der Waals surface area contributed by atoms with E-state index in [4.69, 9.17) is 6.42 Å². The Labute approximate surface area is 146 Å². The zero-order chi connectivity index (χ0) is 18.9. The highest BCUT2D eigenvalue weighted by atomic mass is 19.4. The van der Waals surface area contributed by atoms with Gasteiger partial charge in [0.25, 0.3) is 5.91 Å². The van der Waals surface area contributed by atoms with E-state index in [9.17, 15) is 18.0 Å². The molecule has 0 aliphatic rings. The number of nitrogens with one attached hydrogen (secondary N) is 1. The van der Waals surface area contributed by atoms with E-state index in [2.05, 4.69) is 21.3 Å². The lowest BCUT2D eigenvalue weighted by Crippen LogP contribution is -2.23. The molecule has 0 saturated heterocycles. The molecule has 2 aromatic heterocycles. The molecule has 0 radical (unpaired) electrons. The number of aryl methyl sites for hydroxylation is 1. The molecule has 0 fully saturated rings. The number of terminal acetylenes is 1. The summed E-state index contributed by atoms with van der Waals surface area (Å²) in [5.41, 5.74) is 0.309. The van der Waals surface area contributed by atoms with Crippen molar-refractivity contribution in [2.24, 2.45) is 7.05 Å². The molecule has 0 unspecified atom stereocenters. The van der Waals surface area contributed by atoms with Gasteiger partial charge in [0.2, 0.25) is 0 Å². The topological polar surface area (TPSA) is 59.8 Å².